The van der Waals surface area contributed by atoms with Gasteiger partial charge in [-0.15, -0.1) is 0 Å². The highest BCUT2D eigenvalue weighted by Crippen LogP contribution is 2.07. The van der Waals surface area contributed by atoms with Gasteiger partial charge >= 0.3 is 0 Å². The molecule has 2 fully saturated rings. The van der Waals surface area contributed by atoms with E-state index in [-0.39, 0.29) is 30.4 Å². The van der Waals surface area contributed by atoms with Gasteiger partial charge in [-0.05, 0) is 32.9 Å². The molecule has 0 aromatic carbocycles. The van der Waals surface area contributed by atoms with Crippen LogP contribution < -0.4 is 16.0 Å². The fraction of sp³-hybridized carbons (Fsp3) is 0.833. The Morgan fingerprint density at radius 2 is 2.22 bits per heavy atom. The average molecular weight is 254 g/mol. The van der Waals surface area contributed by atoms with Crippen molar-refractivity contribution < 1.29 is 9.59 Å². The standard InChI is InChI=1S/C12H22N4O2/c1-9(8-16-4-2-3-5-16)15-12(18)10-6-14-11(17)7-13-10/h9-10,13H,2-8H2,1H3,(H,14,17)(H,15,18). The average Bonchev–Trinajstić information content (AvgIpc) is 2.82. The van der Waals surface area contributed by atoms with Crippen LogP contribution in [0.5, 0.6) is 0 Å². The summed E-state index contributed by atoms with van der Waals surface area (Å²) < 4.78 is 0. The molecule has 6 heteroatoms. The Labute approximate surface area is 107 Å². The van der Waals surface area contributed by atoms with Crippen LogP contribution in [0, 0.1) is 0 Å². The van der Waals surface area contributed by atoms with Gasteiger partial charge in [-0.2, -0.15) is 0 Å². The molecule has 2 atom stereocenters. The van der Waals surface area contributed by atoms with E-state index in [9.17, 15) is 9.59 Å². The number of carbonyl (C=O) groups is 2. The smallest absolute Gasteiger partial charge is 0.239 e. The van der Waals surface area contributed by atoms with Gasteiger partial charge in [0.25, 0.3) is 0 Å². The molecule has 6 nitrogen and oxygen atoms in total. The zero-order chi connectivity index (χ0) is 13.0. The van der Waals surface area contributed by atoms with Gasteiger partial charge in [0.1, 0.15) is 6.04 Å². The van der Waals surface area contributed by atoms with E-state index in [0.717, 1.165) is 19.6 Å². The molecule has 18 heavy (non-hydrogen) atoms. The number of nitrogens with one attached hydrogen (secondary N) is 3. The Morgan fingerprint density at radius 1 is 1.50 bits per heavy atom. The maximum Gasteiger partial charge on any atom is 0.239 e. The quantitative estimate of drug-likeness (QED) is 0.581. The topological polar surface area (TPSA) is 73.5 Å². The van der Waals surface area contributed by atoms with Crippen LogP contribution in [0.3, 0.4) is 0 Å². The normalized spacial score (nSPS) is 26.7. The van der Waals surface area contributed by atoms with Crippen LogP contribution in [0.4, 0.5) is 0 Å². The minimum atomic E-state index is -0.302. The Bertz CT molecular complexity index is 305. The summed E-state index contributed by atoms with van der Waals surface area (Å²) in [5.74, 6) is -0.0779. The van der Waals surface area contributed by atoms with Gasteiger partial charge in [-0.25, -0.2) is 0 Å². The fourth-order valence-electron chi connectivity index (χ4n) is 2.49. The summed E-state index contributed by atoms with van der Waals surface area (Å²) in [6.07, 6.45) is 2.52. The lowest BCUT2D eigenvalue weighted by molar-refractivity contribution is -0.127. The monoisotopic (exact) mass is 254 g/mol. The van der Waals surface area contributed by atoms with E-state index >= 15 is 0 Å². The molecule has 0 aromatic rings. The summed E-state index contributed by atoms with van der Waals surface area (Å²) in [5, 5.41) is 8.61. The molecule has 0 aromatic heterocycles. The summed E-state index contributed by atoms with van der Waals surface area (Å²) in [5.41, 5.74) is 0. The molecule has 2 aliphatic heterocycles. The van der Waals surface area contributed by atoms with Crippen molar-refractivity contribution in [2.75, 3.05) is 32.7 Å². The van der Waals surface area contributed by atoms with Crippen molar-refractivity contribution in [1.29, 1.82) is 0 Å². The van der Waals surface area contributed by atoms with Crippen molar-refractivity contribution >= 4 is 11.8 Å². The molecule has 0 radical (unpaired) electrons. The van der Waals surface area contributed by atoms with E-state index in [1.165, 1.54) is 12.8 Å². The maximum atomic E-state index is 11.9. The molecule has 2 amide bonds. The zero-order valence-corrected chi connectivity index (χ0v) is 10.9. The first kappa shape index (κ1) is 13.3. The van der Waals surface area contributed by atoms with Crippen LogP contribution in [0.15, 0.2) is 0 Å². The Hall–Kier alpha value is -1.14. The second-order valence-electron chi connectivity index (χ2n) is 5.15. The fourth-order valence-corrected chi connectivity index (χ4v) is 2.49. The molecular weight excluding hydrogens is 232 g/mol. The summed E-state index contributed by atoms with van der Waals surface area (Å²) in [4.78, 5) is 25.3. The number of rotatable bonds is 4. The number of likely N-dealkylation sites (tertiary alicyclic amines) is 1. The molecule has 0 aliphatic carbocycles. The number of piperazine rings is 1. The first-order valence-corrected chi connectivity index (χ1v) is 6.68. The summed E-state index contributed by atoms with van der Waals surface area (Å²) in [6.45, 7) is 5.80. The zero-order valence-electron chi connectivity index (χ0n) is 10.9. The minimum absolute atomic E-state index is 0.0262. The third-order valence-electron chi connectivity index (χ3n) is 3.45. The van der Waals surface area contributed by atoms with Crippen LogP contribution >= 0.6 is 0 Å². The van der Waals surface area contributed by atoms with Gasteiger partial charge in [0, 0.05) is 19.1 Å². The molecular formula is C12H22N4O2. The van der Waals surface area contributed by atoms with Crippen LogP contribution in [-0.4, -0.2) is 61.5 Å². The number of hydrogen-bond acceptors (Lipinski definition) is 4. The van der Waals surface area contributed by atoms with Crippen LogP contribution in [0.1, 0.15) is 19.8 Å². The van der Waals surface area contributed by atoms with Gasteiger partial charge in [-0.1, -0.05) is 0 Å². The van der Waals surface area contributed by atoms with E-state index in [1.54, 1.807) is 0 Å². The van der Waals surface area contributed by atoms with Crippen molar-refractivity contribution in [3.8, 4) is 0 Å². The largest absolute Gasteiger partial charge is 0.353 e. The first-order chi connectivity index (χ1) is 8.65. The molecule has 0 saturated carbocycles. The van der Waals surface area contributed by atoms with Crippen molar-refractivity contribution in [1.82, 2.24) is 20.9 Å². The first-order valence-electron chi connectivity index (χ1n) is 6.68. The lowest BCUT2D eigenvalue weighted by Gasteiger charge is -2.26. The summed E-state index contributed by atoms with van der Waals surface area (Å²) in [6, 6.07) is -0.154. The number of carbonyl (C=O) groups excluding carboxylic acids is 2. The van der Waals surface area contributed by atoms with Crippen molar-refractivity contribution in [3.63, 3.8) is 0 Å². The van der Waals surface area contributed by atoms with E-state index in [0.29, 0.717) is 6.54 Å². The maximum absolute atomic E-state index is 11.9. The van der Waals surface area contributed by atoms with Crippen molar-refractivity contribution in [2.45, 2.75) is 31.8 Å². The van der Waals surface area contributed by atoms with Gasteiger partial charge in [-0.3, -0.25) is 14.9 Å². The Kier molecular flexibility index (Phi) is 4.54. The molecule has 2 aliphatic rings. The molecule has 102 valence electrons. The number of nitrogens with zero attached hydrogens (tertiary/aromatic N) is 1. The molecule has 2 heterocycles. The predicted molar refractivity (Wildman–Crippen MR) is 68.1 cm³/mol. The second kappa shape index (κ2) is 6.15. The molecule has 0 spiro atoms. The van der Waals surface area contributed by atoms with E-state index in [4.69, 9.17) is 0 Å². The Balaban J connectivity index is 1.70. The minimum Gasteiger partial charge on any atom is -0.353 e. The third-order valence-corrected chi connectivity index (χ3v) is 3.45. The van der Waals surface area contributed by atoms with Crippen molar-refractivity contribution in [2.24, 2.45) is 0 Å². The second-order valence-corrected chi connectivity index (χ2v) is 5.15. The van der Waals surface area contributed by atoms with Crippen molar-refractivity contribution in [3.05, 3.63) is 0 Å². The van der Waals surface area contributed by atoms with Gasteiger partial charge in [0.2, 0.25) is 11.8 Å². The third kappa shape index (κ3) is 3.68. The van der Waals surface area contributed by atoms with Gasteiger partial charge in [0.15, 0.2) is 0 Å². The van der Waals surface area contributed by atoms with Crippen LogP contribution in [0.25, 0.3) is 0 Å². The number of amides is 2. The Morgan fingerprint density at radius 3 is 2.83 bits per heavy atom. The van der Waals surface area contributed by atoms with Gasteiger partial charge in [0.05, 0.1) is 6.54 Å². The van der Waals surface area contributed by atoms with E-state index in [1.807, 2.05) is 6.92 Å². The number of hydrogen-bond donors (Lipinski definition) is 3. The highest BCUT2D eigenvalue weighted by Gasteiger charge is 2.25. The highest BCUT2D eigenvalue weighted by atomic mass is 16.2. The lowest BCUT2D eigenvalue weighted by atomic mass is 10.2. The molecule has 0 bridgehead atoms. The van der Waals surface area contributed by atoms with E-state index < -0.39 is 0 Å². The lowest BCUT2D eigenvalue weighted by Crippen LogP contribution is -2.59. The SMILES string of the molecule is CC(CN1CCCC1)NC(=O)C1CNC(=O)CN1. The predicted octanol–water partition coefficient (Wildman–Crippen LogP) is -1.33. The molecule has 2 saturated heterocycles. The van der Waals surface area contributed by atoms with E-state index in [2.05, 4.69) is 20.9 Å². The summed E-state index contributed by atoms with van der Waals surface area (Å²) in [7, 11) is 0. The van der Waals surface area contributed by atoms with Crippen LogP contribution in [0.2, 0.25) is 0 Å². The van der Waals surface area contributed by atoms with Crippen LogP contribution in [-0.2, 0) is 9.59 Å². The molecule has 2 rings (SSSR count). The van der Waals surface area contributed by atoms with Gasteiger partial charge < -0.3 is 15.5 Å². The highest BCUT2D eigenvalue weighted by molar-refractivity contribution is 5.86. The molecule has 3 N–H and O–H groups in total. The summed E-state index contributed by atoms with van der Waals surface area (Å²) >= 11 is 0. The molecule has 2 unspecified atom stereocenters.